The molecule has 0 unspecified atom stereocenters. The molecule has 6 nitrogen and oxygen atoms in total. The summed E-state index contributed by atoms with van der Waals surface area (Å²) in [7, 11) is 0. The molecule has 110 valence electrons. The number of carbonyl (C=O) groups excluding carboxylic acids is 1. The minimum atomic E-state index is -0.315. The van der Waals surface area contributed by atoms with Gasteiger partial charge in [0, 0.05) is 31.4 Å². The number of nitrogens with zero attached hydrogens (tertiary/aromatic N) is 2. The normalized spacial score (nSPS) is 10.1. The Bertz CT molecular complexity index is 421. The van der Waals surface area contributed by atoms with Crippen LogP contribution in [0.5, 0.6) is 0 Å². The summed E-state index contributed by atoms with van der Waals surface area (Å²) in [5.41, 5.74) is 6.33. The SMILES string of the molecule is CCCCCNC(=O)N(CCc1ccccn1)C(=N)N. The number of hydrogen-bond acceptors (Lipinski definition) is 3. The number of rotatable bonds is 7. The zero-order chi connectivity index (χ0) is 14.8. The van der Waals surface area contributed by atoms with Gasteiger partial charge < -0.3 is 11.1 Å². The molecule has 1 rings (SSSR count). The Balaban J connectivity index is 2.43. The Morgan fingerprint density at radius 1 is 1.45 bits per heavy atom. The van der Waals surface area contributed by atoms with Crippen LogP contribution < -0.4 is 11.1 Å². The highest BCUT2D eigenvalue weighted by atomic mass is 16.2. The summed E-state index contributed by atoms with van der Waals surface area (Å²) in [6.07, 6.45) is 5.40. The summed E-state index contributed by atoms with van der Waals surface area (Å²) in [6.45, 7) is 3.07. The summed E-state index contributed by atoms with van der Waals surface area (Å²) < 4.78 is 0. The van der Waals surface area contributed by atoms with Crippen molar-refractivity contribution in [3.8, 4) is 0 Å². The Kier molecular flexibility index (Phi) is 7.10. The van der Waals surface area contributed by atoms with E-state index in [1.54, 1.807) is 6.20 Å². The molecule has 6 heteroatoms. The lowest BCUT2D eigenvalue weighted by molar-refractivity contribution is 0.220. The predicted octanol–water partition coefficient (Wildman–Crippen LogP) is 1.72. The van der Waals surface area contributed by atoms with E-state index in [0.717, 1.165) is 25.0 Å². The molecule has 0 aliphatic carbocycles. The number of aromatic nitrogens is 1. The third-order valence-corrected chi connectivity index (χ3v) is 2.91. The number of pyridine rings is 1. The van der Waals surface area contributed by atoms with E-state index in [-0.39, 0.29) is 12.0 Å². The highest BCUT2D eigenvalue weighted by Crippen LogP contribution is 1.99. The molecule has 0 fully saturated rings. The molecule has 0 bridgehead atoms. The number of guanidine groups is 1. The molecular formula is C14H23N5O. The number of nitrogens with one attached hydrogen (secondary N) is 2. The third kappa shape index (κ3) is 5.69. The molecule has 0 radical (unpaired) electrons. The third-order valence-electron chi connectivity index (χ3n) is 2.91. The van der Waals surface area contributed by atoms with Gasteiger partial charge in [-0.2, -0.15) is 0 Å². The van der Waals surface area contributed by atoms with Gasteiger partial charge in [-0.25, -0.2) is 4.79 Å². The summed E-state index contributed by atoms with van der Waals surface area (Å²) in [5, 5.41) is 10.3. The van der Waals surface area contributed by atoms with Gasteiger partial charge in [0.25, 0.3) is 0 Å². The number of carbonyl (C=O) groups is 1. The molecule has 4 N–H and O–H groups in total. The van der Waals surface area contributed by atoms with Gasteiger partial charge in [0.2, 0.25) is 0 Å². The van der Waals surface area contributed by atoms with Crippen LogP contribution in [0.1, 0.15) is 31.9 Å². The molecule has 0 saturated heterocycles. The van der Waals surface area contributed by atoms with Crippen LogP contribution in [0.2, 0.25) is 0 Å². The Morgan fingerprint density at radius 3 is 2.85 bits per heavy atom. The van der Waals surface area contributed by atoms with Gasteiger partial charge in [-0.15, -0.1) is 0 Å². The number of urea groups is 1. The number of unbranched alkanes of at least 4 members (excludes halogenated alkanes) is 2. The van der Waals surface area contributed by atoms with Gasteiger partial charge in [0.1, 0.15) is 0 Å². The van der Waals surface area contributed by atoms with Gasteiger partial charge in [-0.3, -0.25) is 15.3 Å². The average Bonchev–Trinajstić information content (AvgIpc) is 2.44. The standard InChI is InChI=1S/C14H23N5O/c1-2-3-5-10-18-14(20)19(13(15)16)11-8-12-7-4-6-9-17-12/h4,6-7,9H,2-3,5,8,10-11H2,1H3,(H3,15,16)(H,18,20). The van der Waals surface area contributed by atoms with Crippen molar-refractivity contribution in [3.05, 3.63) is 30.1 Å². The molecule has 2 amide bonds. The highest BCUT2D eigenvalue weighted by molar-refractivity contribution is 5.93. The minimum absolute atomic E-state index is 0.242. The number of amides is 2. The van der Waals surface area contributed by atoms with Crippen LogP contribution in [-0.2, 0) is 6.42 Å². The van der Waals surface area contributed by atoms with Crippen molar-refractivity contribution in [1.29, 1.82) is 5.41 Å². The van der Waals surface area contributed by atoms with Crippen molar-refractivity contribution in [2.75, 3.05) is 13.1 Å². The van der Waals surface area contributed by atoms with Crippen LogP contribution in [0.3, 0.4) is 0 Å². The van der Waals surface area contributed by atoms with E-state index in [4.69, 9.17) is 11.1 Å². The van der Waals surface area contributed by atoms with Gasteiger partial charge in [-0.05, 0) is 18.6 Å². The zero-order valence-corrected chi connectivity index (χ0v) is 11.9. The summed E-state index contributed by atoms with van der Waals surface area (Å²) in [4.78, 5) is 17.4. The quantitative estimate of drug-likeness (QED) is 0.402. The monoisotopic (exact) mass is 277 g/mol. The lowest BCUT2D eigenvalue weighted by Gasteiger charge is -2.20. The Labute approximate surface area is 119 Å². The largest absolute Gasteiger partial charge is 0.370 e. The van der Waals surface area contributed by atoms with Crippen molar-refractivity contribution in [1.82, 2.24) is 15.2 Å². The molecule has 0 atom stereocenters. The summed E-state index contributed by atoms with van der Waals surface area (Å²) >= 11 is 0. The first-order chi connectivity index (χ1) is 9.65. The van der Waals surface area contributed by atoms with Crippen LogP contribution in [0.4, 0.5) is 4.79 Å². The molecule has 0 saturated carbocycles. The van der Waals surface area contributed by atoms with Gasteiger partial charge in [0.15, 0.2) is 5.96 Å². The fourth-order valence-corrected chi connectivity index (χ4v) is 1.77. The fraction of sp³-hybridized carbons (Fsp3) is 0.500. The highest BCUT2D eigenvalue weighted by Gasteiger charge is 2.15. The topological polar surface area (TPSA) is 95.1 Å². The molecule has 0 spiro atoms. The van der Waals surface area contributed by atoms with Crippen molar-refractivity contribution >= 4 is 12.0 Å². The van der Waals surface area contributed by atoms with Crippen LogP contribution in [-0.4, -0.2) is 35.0 Å². The van der Waals surface area contributed by atoms with E-state index in [2.05, 4.69) is 17.2 Å². The maximum absolute atomic E-state index is 11.9. The van der Waals surface area contributed by atoms with Crippen molar-refractivity contribution in [2.45, 2.75) is 32.6 Å². The van der Waals surface area contributed by atoms with E-state index >= 15 is 0 Å². The lowest BCUT2D eigenvalue weighted by atomic mass is 10.2. The first-order valence-electron chi connectivity index (χ1n) is 6.94. The molecular weight excluding hydrogens is 254 g/mol. The second kappa shape index (κ2) is 8.90. The number of nitrogens with two attached hydrogens (primary N) is 1. The van der Waals surface area contributed by atoms with Crippen molar-refractivity contribution in [3.63, 3.8) is 0 Å². The molecule has 20 heavy (non-hydrogen) atoms. The molecule has 1 aromatic rings. The first-order valence-corrected chi connectivity index (χ1v) is 6.94. The van der Waals surface area contributed by atoms with Crippen LogP contribution in [0.15, 0.2) is 24.4 Å². The van der Waals surface area contributed by atoms with E-state index in [9.17, 15) is 4.79 Å². The Hall–Kier alpha value is -2.11. The molecule has 0 aliphatic heterocycles. The van der Waals surface area contributed by atoms with Crippen molar-refractivity contribution < 1.29 is 4.79 Å². The molecule has 1 heterocycles. The van der Waals surface area contributed by atoms with Crippen LogP contribution >= 0.6 is 0 Å². The minimum Gasteiger partial charge on any atom is -0.370 e. The predicted molar refractivity (Wildman–Crippen MR) is 79.5 cm³/mol. The fourth-order valence-electron chi connectivity index (χ4n) is 1.77. The van der Waals surface area contributed by atoms with E-state index in [0.29, 0.717) is 19.5 Å². The van der Waals surface area contributed by atoms with E-state index in [1.165, 1.54) is 4.90 Å². The maximum atomic E-state index is 11.9. The van der Waals surface area contributed by atoms with Gasteiger partial charge in [0.05, 0.1) is 0 Å². The molecule has 0 aliphatic rings. The van der Waals surface area contributed by atoms with E-state index < -0.39 is 0 Å². The lowest BCUT2D eigenvalue weighted by Crippen LogP contribution is -2.48. The number of hydrogen-bond donors (Lipinski definition) is 3. The molecule has 1 aromatic heterocycles. The smallest absolute Gasteiger partial charge is 0.324 e. The van der Waals surface area contributed by atoms with Gasteiger partial charge in [-0.1, -0.05) is 25.8 Å². The van der Waals surface area contributed by atoms with Gasteiger partial charge >= 0.3 is 6.03 Å². The second-order valence-corrected chi connectivity index (χ2v) is 4.55. The average molecular weight is 277 g/mol. The van der Waals surface area contributed by atoms with E-state index in [1.807, 2.05) is 18.2 Å². The first kappa shape index (κ1) is 15.9. The second-order valence-electron chi connectivity index (χ2n) is 4.55. The Morgan fingerprint density at radius 2 is 2.25 bits per heavy atom. The van der Waals surface area contributed by atoms with Crippen molar-refractivity contribution in [2.24, 2.45) is 5.73 Å². The van der Waals surface area contributed by atoms with Crippen LogP contribution in [0, 0.1) is 5.41 Å². The van der Waals surface area contributed by atoms with Crippen LogP contribution in [0.25, 0.3) is 0 Å². The summed E-state index contributed by atoms with van der Waals surface area (Å²) in [5.74, 6) is -0.242. The molecule has 0 aromatic carbocycles. The summed E-state index contributed by atoms with van der Waals surface area (Å²) in [6, 6.07) is 5.31. The maximum Gasteiger partial charge on any atom is 0.324 e. The zero-order valence-electron chi connectivity index (χ0n) is 11.9.